The number of piperazine rings is 1. The quantitative estimate of drug-likeness (QED) is 0.296. The largest absolute Gasteiger partial charge is 0.355 e. The van der Waals surface area contributed by atoms with E-state index in [0.717, 1.165) is 55.5 Å². The standard InChI is InChI=1S/C26H26N5.Mo/c1-2-20-12-13-25(27-19-20)30-14-16-31(17-15-30)26-23-11-7-6-10-22(23)24(28-29-26)18-21-8-4-3-5-9-21;/h2-13,19H,14-18H2,1H3;/q-1;. The fourth-order valence-electron chi connectivity index (χ4n) is 4.20. The Kier molecular flexibility index (Phi) is 7.06. The van der Waals surface area contributed by atoms with Gasteiger partial charge in [-0.3, -0.25) is 0 Å². The minimum atomic E-state index is 0. The van der Waals surface area contributed by atoms with Crippen LogP contribution in [0.1, 0.15) is 23.7 Å². The van der Waals surface area contributed by atoms with Crippen molar-refractivity contribution in [3.63, 3.8) is 0 Å². The van der Waals surface area contributed by atoms with Crippen LogP contribution in [0.15, 0.2) is 72.9 Å². The zero-order valence-corrected chi connectivity index (χ0v) is 20.2. The molecule has 0 N–H and O–H groups in total. The molecule has 1 aliphatic rings. The first-order chi connectivity index (χ1) is 15.3. The molecule has 0 spiro atoms. The van der Waals surface area contributed by atoms with E-state index in [-0.39, 0.29) is 21.1 Å². The van der Waals surface area contributed by atoms with Gasteiger partial charge in [0.1, 0.15) is 5.82 Å². The summed E-state index contributed by atoms with van der Waals surface area (Å²) in [7, 11) is 0. The molecule has 5 nitrogen and oxygen atoms in total. The molecule has 6 heteroatoms. The third kappa shape index (κ3) is 4.63. The van der Waals surface area contributed by atoms with Crippen molar-refractivity contribution in [1.29, 1.82) is 0 Å². The van der Waals surface area contributed by atoms with Crippen molar-refractivity contribution in [1.82, 2.24) is 15.2 Å². The van der Waals surface area contributed by atoms with Crippen molar-refractivity contribution < 1.29 is 21.1 Å². The molecule has 2 aromatic carbocycles. The molecule has 3 heterocycles. The third-order valence-electron chi connectivity index (χ3n) is 5.97. The van der Waals surface area contributed by atoms with Crippen LogP contribution in [0, 0.1) is 6.42 Å². The van der Waals surface area contributed by atoms with E-state index in [1.807, 2.05) is 19.2 Å². The van der Waals surface area contributed by atoms with E-state index >= 15 is 0 Å². The van der Waals surface area contributed by atoms with Crippen LogP contribution in [0.3, 0.4) is 0 Å². The summed E-state index contributed by atoms with van der Waals surface area (Å²) in [4.78, 5) is 9.32. The number of pyridine rings is 1. The molecule has 0 radical (unpaired) electrons. The molecule has 4 aromatic rings. The molecule has 162 valence electrons. The van der Waals surface area contributed by atoms with Crippen LogP contribution < -0.4 is 9.80 Å². The van der Waals surface area contributed by atoms with Gasteiger partial charge in [0.15, 0.2) is 5.82 Å². The van der Waals surface area contributed by atoms with Crippen LogP contribution in [-0.4, -0.2) is 41.4 Å². The van der Waals surface area contributed by atoms with Gasteiger partial charge in [0.2, 0.25) is 0 Å². The smallest absolute Gasteiger partial charge is 0.159 e. The van der Waals surface area contributed by atoms with Crippen molar-refractivity contribution in [2.75, 3.05) is 36.0 Å². The Morgan fingerprint density at radius 1 is 0.781 bits per heavy atom. The van der Waals surface area contributed by atoms with Crippen LogP contribution in [0.5, 0.6) is 0 Å². The Morgan fingerprint density at radius 2 is 1.47 bits per heavy atom. The van der Waals surface area contributed by atoms with Crippen molar-refractivity contribution >= 4 is 22.4 Å². The molecule has 0 saturated carbocycles. The van der Waals surface area contributed by atoms with Gasteiger partial charge in [-0.1, -0.05) is 73.8 Å². The predicted molar refractivity (Wildman–Crippen MR) is 127 cm³/mol. The minimum Gasteiger partial charge on any atom is -0.355 e. The fraction of sp³-hybridized carbons (Fsp3) is 0.231. The average Bonchev–Trinajstić information content (AvgIpc) is 2.85. The molecular weight excluding hydrogens is 478 g/mol. The molecular formula is C26H26MoN5-. The Labute approximate surface area is 203 Å². The maximum Gasteiger partial charge on any atom is 0.159 e. The first-order valence-electron chi connectivity index (χ1n) is 10.9. The average molecular weight is 504 g/mol. The number of nitrogens with zero attached hydrogens (tertiary/aromatic N) is 5. The molecule has 32 heavy (non-hydrogen) atoms. The Morgan fingerprint density at radius 3 is 2.16 bits per heavy atom. The van der Waals surface area contributed by atoms with Crippen LogP contribution >= 0.6 is 0 Å². The maximum atomic E-state index is 4.68. The van der Waals surface area contributed by atoms with Gasteiger partial charge in [-0.2, -0.15) is 23.1 Å². The summed E-state index contributed by atoms with van der Waals surface area (Å²) < 4.78 is 0. The summed E-state index contributed by atoms with van der Waals surface area (Å²) in [6.07, 6.45) is 4.80. The second-order valence-corrected chi connectivity index (χ2v) is 7.89. The van der Waals surface area contributed by atoms with Crippen molar-refractivity contribution in [2.24, 2.45) is 0 Å². The SMILES string of the molecule is C[CH-]c1ccc(N2CCN(c3nnc(Cc4ccccc4)c4ccccc34)CC2)nc1.[Mo]. The Balaban J connectivity index is 0.00000245. The molecule has 0 bridgehead atoms. The number of anilines is 2. The van der Waals surface area contributed by atoms with E-state index in [1.54, 1.807) is 0 Å². The summed E-state index contributed by atoms with van der Waals surface area (Å²) >= 11 is 0. The molecule has 0 unspecified atom stereocenters. The molecule has 1 saturated heterocycles. The molecule has 2 aromatic heterocycles. The van der Waals surface area contributed by atoms with Crippen molar-refractivity contribution in [3.8, 4) is 0 Å². The third-order valence-corrected chi connectivity index (χ3v) is 5.97. The number of hydrogen-bond donors (Lipinski definition) is 0. The van der Waals surface area contributed by atoms with Crippen LogP contribution in [0.25, 0.3) is 10.8 Å². The van der Waals surface area contributed by atoms with Gasteiger partial charge in [-0.25, -0.2) is 0 Å². The molecule has 1 fully saturated rings. The maximum absolute atomic E-state index is 4.68. The van der Waals surface area contributed by atoms with E-state index in [9.17, 15) is 0 Å². The first-order valence-corrected chi connectivity index (χ1v) is 10.9. The minimum absolute atomic E-state index is 0. The van der Waals surface area contributed by atoms with Gasteiger partial charge in [0, 0.05) is 64.4 Å². The van der Waals surface area contributed by atoms with Crippen LogP contribution in [-0.2, 0) is 27.5 Å². The number of benzene rings is 2. The molecule has 0 amide bonds. The fourth-order valence-corrected chi connectivity index (χ4v) is 4.20. The second kappa shape index (κ2) is 10.1. The zero-order valence-electron chi connectivity index (χ0n) is 18.2. The van der Waals surface area contributed by atoms with E-state index in [1.165, 1.54) is 16.3 Å². The van der Waals surface area contributed by atoms with E-state index in [2.05, 4.69) is 92.1 Å². The van der Waals surface area contributed by atoms with Crippen molar-refractivity contribution in [2.45, 2.75) is 13.3 Å². The van der Waals surface area contributed by atoms with Gasteiger partial charge in [-0.05, 0) is 5.56 Å². The summed E-state index contributed by atoms with van der Waals surface area (Å²) in [6, 6.07) is 23.2. The topological polar surface area (TPSA) is 45.2 Å². The summed E-state index contributed by atoms with van der Waals surface area (Å²) in [5.74, 6) is 2.02. The van der Waals surface area contributed by atoms with Crippen molar-refractivity contribution in [3.05, 3.63) is 96.2 Å². The van der Waals surface area contributed by atoms with E-state index < -0.39 is 0 Å². The number of aromatic nitrogens is 3. The Bertz CT molecular complexity index is 1160. The Hall–Kier alpha value is -2.91. The van der Waals surface area contributed by atoms with Gasteiger partial charge in [0.25, 0.3) is 0 Å². The summed E-state index contributed by atoms with van der Waals surface area (Å²) in [6.45, 7) is 5.68. The van der Waals surface area contributed by atoms with Gasteiger partial charge in [0.05, 0.1) is 5.69 Å². The van der Waals surface area contributed by atoms with Gasteiger partial charge in [-0.15, -0.1) is 5.10 Å². The van der Waals surface area contributed by atoms with Crippen LogP contribution in [0.4, 0.5) is 11.6 Å². The summed E-state index contributed by atoms with van der Waals surface area (Å²) in [5.41, 5.74) is 3.43. The second-order valence-electron chi connectivity index (χ2n) is 7.89. The number of rotatable bonds is 5. The predicted octanol–water partition coefficient (Wildman–Crippen LogP) is 4.51. The monoisotopic (exact) mass is 506 g/mol. The first kappa shape index (κ1) is 22.3. The van der Waals surface area contributed by atoms with E-state index in [0.29, 0.717) is 0 Å². The normalized spacial score (nSPS) is 13.7. The molecule has 5 rings (SSSR count). The van der Waals surface area contributed by atoms with Gasteiger partial charge < -0.3 is 14.8 Å². The molecule has 1 aliphatic heterocycles. The van der Waals surface area contributed by atoms with Crippen LogP contribution in [0.2, 0.25) is 0 Å². The van der Waals surface area contributed by atoms with E-state index in [4.69, 9.17) is 0 Å². The van der Waals surface area contributed by atoms with Gasteiger partial charge >= 0.3 is 0 Å². The summed E-state index contributed by atoms with van der Waals surface area (Å²) in [5, 5.41) is 11.7. The zero-order chi connectivity index (χ0) is 21.0. The molecule has 0 atom stereocenters. The molecule has 0 aliphatic carbocycles. The number of fused-ring (bicyclic) bond motifs is 1. The number of hydrogen-bond acceptors (Lipinski definition) is 5.